The van der Waals surface area contributed by atoms with Gasteiger partial charge < -0.3 is 25.2 Å². The van der Waals surface area contributed by atoms with Crippen molar-refractivity contribution >= 4 is 40.7 Å². The van der Waals surface area contributed by atoms with Gasteiger partial charge in [0.25, 0.3) is 5.56 Å². The number of carbonyl (C=O) groups excluding carboxylic acids is 1. The van der Waals surface area contributed by atoms with Crippen molar-refractivity contribution in [1.82, 2.24) is 29.4 Å². The monoisotopic (exact) mass is 694 g/mol. The molecule has 4 heterocycles. The van der Waals surface area contributed by atoms with Gasteiger partial charge in [0.05, 0.1) is 35.0 Å². The third-order valence-electron chi connectivity index (χ3n) is 8.32. The van der Waals surface area contributed by atoms with E-state index in [0.717, 1.165) is 4.90 Å². The molecule has 0 saturated carbocycles. The Morgan fingerprint density at radius 3 is 2.40 bits per heavy atom. The summed E-state index contributed by atoms with van der Waals surface area (Å²) in [6.45, 7) is -0.775. The Labute approximate surface area is 282 Å². The predicted molar refractivity (Wildman–Crippen MR) is 177 cm³/mol. The number of hydrogen-bond donors (Lipinski definition) is 3. The van der Waals surface area contributed by atoms with E-state index in [4.69, 9.17) is 27.9 Å². The van der Waals surface area contributed by atoms with Gasteiger partial charge in [-0.2, -0.15) is 5.10 Å². The Balaban J connectivity index is 1.35. The first-order valence-corrected chi connectivity index (χ1v) is 15.5. The van der Waals surface area contributed by atoms with E-state index in [1.807, 2.05) is 0 Å². The maximum atomic E-state index is 15.7. The van der Waals surface area contributed by atoms with Gasteiger partial charge in [-0.05, 0) is 12.5 Å². The lowest BCUT2D eigenvalue weighted by molar-refractivity contribution is -0.119. The van der Waals surface area contributed by atoms with Crippen LogP contribution >= 0.6 is 23.2 Å². The van der Waals surface area contributed by atoms with Crippen molar-refractivity contribution in [3.8, 4) is 39.4 Å². The topological polar surface area (TPSA) is 151 Å². The number of carboxylic acid groups (broad SMARTS) is 1. The SMILES string of the molecule is COc1nc(-c2cccc(-c3cccc(-c4cc5c(=O)n(C)c(CO)nn5c4)c3Cl)c2Cl)cc(F)c1CN(CC1CCC(=O)N1)C(=O)O. The Bertz CT molecular complexity index is 2150. The molecule has 2 aromatic carbocycles. The van der Waals surface area contributed by atoms with Gasteiger partial charge in [0.1, 0.15) is 17.9 Å². The first kappa shape index (κ1) is 32.9. The summed E-state index contributed by atoms with van der Waals surface area (Å²) < 4.78 is 23.8. The molecule has 3 N–H and O–H groups in total. The van der Waals surface area contributed by atoms with Crippen LogP contribution < -0.4 is 15.6 Å². The number of benzene rings is 2. The van der Waals surface area contributed by atoms with Crippen LogP contribution in [0.1, 0.15) is 24.2 Å². The zero-order valence-electron chi connectivity index (χ0n) is 25.7. The number of aliphatic hydroxyl groups is 1. The average molecular weight is 696 g/mol. The van der Waals surface area contributed by atoms with Gasteiger partial charge >= 0.3 is 6.09 Å². The highest BCUT2D eigenvalue weighted by Gasteiger charge is 2.28. The largest absolute Gasteiger partial charge is 0.481 e. The first-order valence-electron chi connectivity index (χ1n) is 14.8. The number of rotatable bonds is 9. The van der Waals surface area contributed by atoms with Crippen molar-refractivity contribution < 1.29 is 28.9 Å². The molecule has 3 aromatic heterocycles. The van der Waals surface area contributed by atoms with Crippen LogP contribution in [0.2, 0.25) is 10.0 Å². The molecule has 1 aliphatic rings. The fourth-order valence-corrected chi connectivity index (χ4v) is 6.47. The molecule has 15 heteroatoms. The summed E-state index contributed by atoms with van der Waals surface area (Å²) in [5.74, 6) is -0.818. The Morgan fingerprint density at radius 1 is 1.10 bits per heavy atom. The lowest BCUT2D eigenvalue weighted by atomic mass is 9.97. The first-order chi connectivity index (χ1) is 23.0. The number of nitrogens with zero attached hydrogens (tertiary/aromatic N) is 5. The van der Waals surface area contributed by atoms with E-state index in [1.54, 1.807) is 48.7 Å². The van der Waals surface area contributed by atoms with E-state index < -0.39 is 18.5 Å². The molecule has 0 bridgehead atoms. The minimum atomic E-state index is -1.28. The quantitative estimate of drug-likeness (QED) is 0.192. The molecular weight excluding hydrogens is 666 g/mol. The minimum Gasteiger partial charge on any atom is -0.481 e. The second-order valence-corrected chi connectivity index (χ2v) is 12.0. The van der Waals surface area contributed by atoms with Gasteiger partial charge in [-0.1, -0.05) is 59.6 Å². The molecule has 1 saturated heterocycles. The molecule has 6 rings (SSSR count). The molecule has 12 nitrogen and oxygen atoms in total. The molecule has 1 atom stereocenters. The number of nitrogens with one attached hydrogen (secondary N) is 1. The summed E-state index contributed by atoms with van der Waals surface area (Å²) in [7, 11) is 2.84. The second kappa shape index (κ2) is 13.3. The summed E-state index contributed by atoms with van der Waals surface area (Å²) in [4.78, 5) is 42.0. The van der Waals surface area contributed by atoms with Crippen LogP contribution in [-0.2, 0) is 25.0 Å². The molecule has 0 spiro atoms. The molecule has 5 aromatic rings. The lowest BCUT2D eigenvalue weighted by Gasteiger charge is -2.24. The molecule has 2 amide bonds. The maximum Gasteiger partial charge on any atom is 0.407 e. The number of hydrogen-bond acceptors (Lipinski definition) is 7. The van der Waals surface area contributed by atoms with Crippen LogP contribution in [0.15, 0.2) is 59.5 Å². The van der Waals surface area contributed by atoms with E-state index in [1.165, 1.54) is 29.3 Å². The standard InChI is InChI=1S/C33H29Cl2FN6O6/c1-40-27(16-43)39-42-13-17(11-26(42)32(40)45)19-5-3-6-20(29(19)34)21-7-4-8-22(30(21)35)25-12-24(36)23(31(38-25)48-2)15-41(33(46)47)14-18-9-10-28(44)37-18/h3-8,11-13,18,43H,9-10,14-16H2,1-2H3,(H,37,44)(H,46,47). The van der Waals surface area contributed by atoms with Crippen LogP contribution in [0.25, 0.3) is 39.0 Å². The van der Waals surface area contributed by atoms with Crippen molar-refractivity contribution in [2.24, 2.45) is 7.05 Å². The Kier molecular flexibility index (Phi) is 9.10. The Hall–Kier alpha value is -4.98. The second-order valence-electron chi connectivity index (χ2n) is 11.3. The zero-order chi connectivity index (χ0) is 34.3. The Morgan fingerprint density at radius 2 is 1.77 bits per heavy atom. The average Bonchev–Trinajstić information content (AvgIpc) is 3.69. The van der Waals surface area contributed by atoms with E-state index in [9.17, 15) is 24.6 Å². The summed E-state index contributed by atoms with van der Waals surface area (Å²) in [5.41, 5.74) is 2.74. The molecule has 1 aliphatic heterocycles. The smallest absolute Gasteiger partial charge is 0.407 e. The lowest BCUT2D eigenvalue weighted by Crippen LogP contribution is -2.41. The summed E-state index contributed by atoms with van der Waals surface area (Å²) in [5, 5.41) is 27.0. The fourth-order valence-electron chi connectivity index (χ4n) is 5.81. The van der Waals surface area contributed by atoms with Crippen LogP contribution in [0, 0.1) is 5.82 Å². The van der Waals surface area contributed by atoms with E-state index in [0.29, 0.717) is 51.2 Å². The van der Waals surface area contributed by atoms with Gasteiger partial charge in [0.2, 0.25) is 11.8 Å². The van der Waals surface area contributed by atoms with Crippen LogP contribution in [0.4, 0.5) is 9.18 Å². The van der Waals surface area contributed by atoms with Crippen molar-refractivity contribution in [3.05, 3.63) is 92.3 Å². The predicted octanol–water partition coefficient (Wildman–Crippen LogP) is 5.13. The van der Waals surface area contributed by atoms with Crippen LogP contribution in [0.3, 0.4) is 0 Å². The van der Waals surface area contributed by atoms with Crippen LogP contribution in [0.5, 0.6) is 5.88 Å². The summed E-state index contributed by atoms with van der Waals surface area (Å²) in [6, 6.07) is 12.9. The fraction of sp³-hybridized carbons (Fsp3) is 0.242. The highest BCUT2D eigenvalue weighted by Crippen LogP contribution is 2.43. The molecule has 0 aliphatic carbocycles. The number of pyridine rings is 1. The van der Waals surface area contributed by atoms with Crippen molar-refractivity contribution in [1.29, 1.82) is 0 Å². The van der Waals surface area contributed by atoms with E-state index in [-0.39, 0.29) is 58.6 Å². The number of methoxy groups -OCH3 is 1. The third kappa shape index (κ3) is 6.07. The van der Waals surface area contributed by atoms with Crippen molar-refractivity contribution in [2.45, 2.75) is 32.0 Å². The van der Waals surface area contributed by atoms with Crippen LogP contribution in [-0.4, -0.2) is 66.0 Å². The number of fused-ring (bicyclic) bond motifs is 1. The number of ether oxygens (including phenoxy) is 1. The van der Waals surface area contributed by atoms with Gasteiger partial charge in [-0.15, -0.1) is 0 Å². The molecular formula is C33H29Cl2FN6O6. The van der Waals surface area contributed by atoms with E-state index >= 15 is 4.39 Å². The highest BCUT2D eigenvalue weighted by molar-refractivity contribution is 6.39. The van der Waals surface area contributed by atoms with Gasteiger partial charge in [0.15, 0.2) is 5.82 Å². The van der Waals surface area contributed by atoms with Gasteiger partial charge in [-0.3, -0.25) is 14.2 Å². The number of amides is 2. The molecule has 48 heavy (non-hydrogen) atoms. The third-order valence-corrected chi connectivity index (χ3v) is 9.14. The maximum absolute atomic E-state index is 15.7. The van der Waals surface area contributed by atoms with Gasteiger partial charge in [-0.25, -0.2) is 18.7 Å². The van der Waals surface area contributed by atoms with Crippen molar-refractivity contribution in [3.63, 3.8) is 0 Å². The minimum absolute atomic E-state index is 0.0184. The molecule has 1 unspecified atom stereocenters. The normalized spacial score (nSPS) is 14.4. The number of carbonyl (C=O) groups is 2. The highest BCUT2D eigenvalue weighted by atomic mass is 35.5. The molecule has 248 valence electrons. The number of halogens is 3. The molecule has 0 radical (unpaired) electrons. The van der Waals surface area contributed by atoms with E-state index in [2.05, 4.69) is 15.4 Å². The zero-order valence-corrected chi connectivity index (χ0v) is 27.2. The van der Waals surface area contributed by atoms with Crippen molar-refractivity contribution in [2.75, 3.05) is 13.7 Å². The summed E-state index contributed by atoms with van der Waals surface area (Å²) >= 11 is 13.9. The number of aromatic nitrogens is 4. The molecule has 1 fully saturated rings. The van der Waals surface area contributed by atoms with Gasteiger partial charge in [0, 0.05) is 66.1 Å². The summed E-state index contributed by atoms with van der Waals surface area (Å²) in [6.07, 6.45) is 1.15. The number of aliphatic hydroxyl groups excluding tert-OH is 1.